The molecule has 41 heavy (non-hydrogen) atoms. The summed E-state index contributed by atoms with van der Waals surface area (Å²) in [5, 5.41) is 3.82. The first-order valence-corrected chi connectivity index (χ1v) is 14.2. The Bertz CT molecular complexity index is 1820. The fourth-order valence-electron chi connectivity index (χ4n) is 6.84. The molecule has 3 aliphatic heterocycles. The van der Waals surface area contributed by atoms with E-state index in [-0.39, 0.29) is 32.9 Å². The van der Waals surface area contributed by atoms with E-state index in [1.807, 2.05) is 65.7 Å². The maximum absolute atomic E-state index is 14.8. The lowest BCUT2D eigenvalue weighted by Gasteiger charge is -2.38. The van der Waals surface area contributed by atoms with Crippen LogP contribution >= 0.6 is 34.8 Å². The summed E-state index contributed by atoms with van der Waals surface area (Å²) >= 11 is 19.3. The number of hydrogen-bond acceptors (Lipinski definition) is 4. The summed E-state index contributed by atoms with van der Waals surface area (Å²) in [4.78, 5) is 45.8. The molecule has 0 saturated carbocycles. The minimum Gasteiger partial charge on any atom is -0.358 e. The number of fused-ring (bicyclic) bond motifs is 6. The second-order valence-corrected chi connectivity index (χ2v) is 11.7. The van der Waals surface area contributed by atoms with Gasteiger partial charge in [0.25, 0.3) is 0 Å². The van der Waals surface area contributed by atoms with E-state index in [9.17, 15) is 14.4 Å². The maximum Gasteiger partial charge on any atom is 0.238 e. The molecule has 1 spiro atoms. The molecule has 0 aliphatic carbocycles. The molecule has 0 unspecified atom stereocenters. The molecule has 1 N–H and O–H groups in total. The molecule has 7 rings (SSSR count). The summed E-state index contributed by atoms with van der Waals surface area (Å²) in [6.07, 6.45) is 3.73. The van der Waals surface area contributed by atoms with E-state index in [0.717, 1.165) is 11.1 Å². The number of carbonyl (C=O) groups is 3. The molecule has 3 heterocycles. The van der Waals surface area contributed by atoms with Crippen molar-refractivity contribution < 1.29 is 14.4 Å². The van der Waals surface area contributed by atoms with Crippen molar-refractivity contribution in [2.24, 2.45) is 5.92 Å². The Morgan fingerprint density at radius 2 is 1.49 bits per heavy atom. The van der Waals surface area contributed by atoms with E-state index in [1.54, 1.807) is 36.4 Å². The number of hydrogen-bond donors (Lipinski definition) is 1. The van der Waals surface area contributed by atoms with Crippen molar-refractivity contribution in [2.45, 2.75) is 17.5 Å². The number of halogens is 3. The molecule has 1 saturated heterocycles. The molecule has 1 amide bonds. The summed E-state index contributed by atoms with van der Waals surface area (Å²) in [6, 6.07) is 24.7. The highest BCUT2D eigenvalue weighted by atomic mass is 35.5. The normalized spacial score (nSPS) is 23.6. The van der Waals surface area contributed by atoms with E-state index in [0.29, 0.717) is 16.3 Å². The summed E-state index contributed by atoms with van der Waals surface area (Å²) < 4.78 is 0. The molecule has 0 aromatic heterocycles. The van der Waals surface area contributed by atoms with Crippen molar-refractivity contribution in [3.8, 4) is 0 Å². The number of Topliss-reactive ketones (excluding diaryl/α,β-unsaturated/α-hetero) is 2. The zero-order valence-electron chi connectivity index (χ0n) is 21.4. The van der Waals surface area contributed by atoms with Gasteiger partial charge >= 0.3 is 0 Å². The molecule has 4 aromatic rings. The monoisotopic (exact) mass is 598 g/mol. The largest absolute Gasteiger partial charge is 0.358 e. The Labute approximate surface area is 251 Å². The standard InChI is InChI=1S/C33H21Cl3N2O3/c34-19-13-14-22(25(36)17-19)29(39)27-28(30(40)21-9-3-5-11-24(21)35)38-16-15-18-7-1-2-8-20(18)31(38)33(27)23-10-4-6-12-26(23)37-32(33)41/h1-17,27-28,31H,(H,37,41)/t27-,28+,31+,33+/m0/s1. The molecule has 3 aliphatic rings. The van der Waals surface area contributed by atoms with Gasteiger partial charge in [-0.3, -0.25) is 14.4 Å². The fraction of sp³-hybridized carbons (Fsp3) is 0.121. The third-order valence-electron chi connectivity index (χ3n) is 8.46. The molecule has 4 atom stereocenters. The molecule has 1 fully saturated rings. The predicted molar refractivity (Wildman–Crippen MR) is 161 cm³/mol. The number of rotatable bonds is 4. The smallest absolute Gasteiger partial charge is 0.238 e. The maximum atomic E-state index is 14.8. The van der Waals surface area contributed by atoms with Crippen LogP contribution in [0.25, 0.3) is 6.08 Å². The number of ketones is 2. The van der Waals surface area contributed by atoms with E-state index in [2.05, 4.69) is 5.32 Å². The Balaban J connectivity index is 1.56. The van der Waals surface area contributed by atoms with Gasteiger partial charge in [0.05, 0.1) is 22.0 Å². The van der Waals surface area contributed by atoms with Crippen LogP contribution in [-0.2, 0) is 10.2 Å². The predicted octanol–water partition coefficient (Wildman–Crippen LogP) is 7.63. The van der Waals surface area contributed by atoms with Gasteiger partial charge in [-0.2, -0.15) is 0 Å². The van der Waals surface area contributed by atoms with Crippen LogP contribution in [0.15, 0.2) is 97.2 Å². The van der Waals surface area contributed by atoms with Gasteiger partial charge in [-0.25, -0.2) is 0 Å². The van der Waals surface area contributed by atoms with Gasteiger partial charge in [0.2, 0.25) is 5.91 Å². The first-order valence-electron chi connectivity index (χ1n) is 13.1. The topological polar surface area (TPSA) is 66.5 Å². The summed E-state index contributed by atoms with van der Waals surface area (Å²) in [7, 11) is 0. The molecule has 202 valence electrons. The minimum absolute atomic E-state index is 0.147. The number of nitrogens with zero attached hydrogens (tertiary/aromatic N) is 1. The van der Waals surface area contributed by atoms with E-state index in [4.69, 9.17) is 34.8 Å². The quantitative estimate of drug-likeness (QED) is 0.245. The van der Waals surface area contributed by atoms with Gasteiger partial charge in [-0.15, -0.1) is 0 Å². The number of amides is 1. The zero-order chi connectivity index (χ0) is 28.5. The van der Waals surface area contributed by atoms with Gasteiger partial charge in [0, 0.05) is 28.0 Å². The lowest BCUT2D eigenvalue weighted by molar-refractivity contribution is -0.122. The molecule has 5 nitrogen and oxygen atoms in total. The number of nitrogens with one attached hydrogen (secondary N) is 1. The summed E-state index contributed by atoms with van der Waals surface area (Å²) in [5.41, 5.74) is 2.01. The minimum atomic E-state index is -1.46. The molecule has 4 aromatic carbocycles. The third-order valence-corrected chi connectivity index (χ3v) is 9.33. The second kappa shape index (κ2) is 9.59. The summed E-state index contributed by atoms with van der Waals surface area (Å²) in [6.45, 7) is 0. The van der Waals surface area contributed by atoms with Crippen molar-refractivity contribution in [3.05, 3.63) is 140 Å². The Morgan fingerprint density at radius 1 is 0.780 bits per heavy atom. The SMILES string of the molecule is O=C(c1ccc(Cl)cc1Cl)[C@@H]1[C@H](C(=O)c2ccccc2Cl)N2C=Cc3ccccc3[C@@H]2[C@]12C(=O)Nc1ccccc12. The number of carbonyl (C=O) groups excluding carboxylic acids is 3. The Kier molecular flexibility index (Phi) is 6.09. The molecule has 0 radical (unpaired) electrons. The van der Waals surface area contributed by atoms with Crippen LogP contribution in [0.5, 0.6) is 0 Å². The van der Waals surface area contributed by atoms with Crippen LogP contribution in [0.3, 0.4) is 0 Å². The highest BCUT2D eigenvalue weighted by molar-refractivity contribution is 6.37. The Hall–Kier alpha value is -3.90. The van der Waals surface area contributed by atoms with Crippen LogP contribution < -0.4 is 5.32 Å². The lowest BCUT2D eigenvalue weighted by Crippen LogP contribution is -2.49. The molecular weight excluding hydrogens is 579 g/mol. The van der Waals surface area contributed by atoms with Crippen molar-refractivity contribution in [1.29, 1.82) is 0 Å². The number of anilines is 1. The van der Waals surface area contributed by atoms with Crippen molar-refractivity contribution in [3.63, 3.8) is 0 Å². The van der Waals surface area contributed by atoms with Crippen molar-refractivity contribution in [1.82, 2.24) is 4.90 Å². The van der Waals surface area contributed by atoms with E-state index >= 15 is 0 Å². The second-order valence-electron chi connectivity index (χ2n) is 10.4. The first-order chi connectivity index (χ1) is 19.8. The highest BCUT2D eigenvalue weighted by Crippen LogP contribution is 2.62. The van der Waals surface area contributed by atoms with Crippen LogP contribution in [0.4, 0.5) is 5.69 Å². The van der Waals surface area contributed by atoms with Crippen molar-refractivity contribution >= 4 is 64.0 Å². The highest BCUT2D eigenvalue weighted by Gasteiger charge is 2.70. The van der Waals surface area contributed by atoms with Gasteiger partial charge in [-0.1, -0.05) is 89.4 Å². The van der Waals surface area contributed by atoms with E-state index < -0.39 is 29.2 Å². The molecule has 8 heteroatoms. The van der Waals surface area contributed by atoms with Crippen LogP contribution in [0.2, 0.25) is 15.1 Å². The van der Waals surface area contributed by atoms with Crippen LogP contribution in [0, 0.1) is 5.92 Å². The van der Waals surface area contributed by atoms with E-state index in [1.165, 1.54) is 6.07 Å². The lowest BCUT2D eigenvalue weighted by atomic mass is 9.62. The van der Waals surface area contributed by atoms with Gasteiger partial charge < -0.3 is 10.2 Å². The average molecular weight is 600 g/mol. The summed E-state index contributed by atoms with van der Waals surface area (Å²) in [5.74, 6) is -2.29. The third kappa shape index (κ3) is 3.66. The Morgan fingerprint density at radius 3 is 2.29 bits per heavy atom. The van der Waals surface area contributed by atoms with Gasteiger partial charge in [0.1, 0.15) is 11.5 Å². The number of para-hydroxylation sites is 1. The number of benzene rings is 4. The van der Waals surface area contributed by atoms with Crippen LogP contribution in [0.1, 0.15) is 43.4 Å². The van der Waals surface area contributed by atoms with Gasteiger partial charge in [0.15, 0.2) is 11.6 Å². The molecule has 0 bridgehead atoms. The van der Waals surface area contributed by atoms with Gasteiger partial charge in [-0.05, 0) is 59.2 Å². The fourth-order valence-corrected chi connectivity index (χ4v) is 7.58. The molecular formula is C33H21Cl3N2O3. The zero-order valence-corrected chi connectivity index (χ0v) is 23.6. The van der Waals surface area contributed by atoms with Crippen molar-refractivity contribution in [2.75, 3.05) is 5.32 Å². The first kappa shape index (κ1) is 26.0. The average Bonchev–Trinajstić information content (AvgIpc) is 3.45. The van der Waals surface area contributed by atoms with Crippen LogP contribution in [-0.4, -0.2) is 28.4 Å².